The molecule has 0 bridgehead atoms. The van der Waals surface area contributed by atoms with E-state index in [1.165, 1.54) is 16.1 Å². The Morgan fingerprint density at radius 3 is 2.83 bits per heavy atom. The van der Waals surface area contributed by atoms with Crippen molar-refractivity contribution in [3.8, 4) is 0 Å². The molecule has 2 N–H and O–H groups in total. The van der Waals surface area contributed by atoms with Crippen LogP contribution in [-0.2, 0) is 11.3 Å². The summed E-state index contributed by atoms with van der Waals surface area (Å²) >= 11 is 3.41. The zero-order chi connectivity index (χ0) is 16.7. The Kier molecular flexibility index (Phi) is 6.08. The van der Waals surface area contributed by atoms with Gasteiger partial charge in [-0.1, -0.05) is 40.2 Å². The van der Waals surface area contributed by atoms with Crippen molar-refractivity contribution in [1.29, 1.82) is 0 Å². The third-order valence-corrected chi connectivity index (χ3v) is 3.53. The molecule has 0 saturated heterocycles. The van der Waals surface area contributed by atoms with E-state index in [0.29, 0.717) is 12.1 Å². The summed E-state index contributed by atoms with van der Waals surface area (Å²) in [6, 6.07) is 11.2. The summed E-state index contributed by atoms with van der Waals surface area (Å²) in [6.07, 6.45) is 7.95. The van der Waals surface area contributed by atoms with Gasteiger partial charge in [-0.15, -0.1) is 0 Å². The minimum absolute atomic E-state index is 0.214. The number of carbonyl (C=O) groups excluding carboxylic acids is 1. The first-order chi connectivity index (χ1) is 11.1. The van der Waals surface area contributed by atoms with Crippen LogP contribution in [0.25, 0.3) is 12.2 Å². The summed E-state index contributed by atoms with van der Waals surface area (Å²) in [6.45, 7) is 0.416. The minimum atomic E-state index is -0.686. The summed E-state index contributed by atoms with van der Waals surface area (Å²) in [5, 5.41) is 8.43. The first-order valence-corrected chi connectivity index (χ1v) is 7.63. The molecule has 2 aromatic rings. The number of rotatable bonds is 5. The van der Waals surface area contributed by atoms with Gasteiger partial charge in [0.2, 0.25) is 0 Å². The summed E-state index contributed by atoms with van der Waals surface area (Å²) in [5.74, 6) is -0.686. The van der Waals surface area contributed by atoms with Gasteiger partial charge in [0.25, 0.3) is 11.5 Å². The molecule has 6 heteroatoms. The summed E-state index contributed by atoms with van der Waals surface area (Å²) in [5.41, 5.74) is 2.66. The van der Waals surface area contributed by atoms with Crippen LogP contribution in [0.5, 0.6) is 0 Å². The lowest BCUT2D eigenvalue weighted by Crippen LogP contribution is -2.21. The van der Waals surface area contributed by atoms with Gasteiger partial charge in [0.15, 0.2) is 0 Å². The van der Waals surface area contributed by atoms with E-state index in [-0.39, 0.29) is 5.56 Å². The van der Waals surface area contributed by atoms with Gasteiger partial charge in [0.1, 0.15) is 0 Å². The number of nitrogens with one attached hydrogen (secondary N) is 1. The van der Waals surface area contributed by atoms with Gasteiger partial charge in [-0.2, -0.15) is 0 Å². The fourth-order valence-corrected chi connectivity index (χ4v) is 2.36. The van der Waals surface area contributed by atoms with Crippen LogP contribution in [0.4, 0.5) is 0 Å². The molecule has 0 saturated carbocycles. The maximum Gasteiger partial charge on any atom is 0.267 e. The molecule has 1 amide bonds. The first kappa shape index (κ1) is 16.9. The van der Waals surface area contributed by atoms with Crippen molar-refractivity contribution in [2.75, 3.05) is 0 Å². The molecule has 0 atom stereocenters. The lowest BCUT2D eigenvalue weighted by Gasteiger charge is -2.03. The van der Waals surface area contributed by atoms with Crippen LogP contribution in [0.15, 0.2) is 64.0 Å². The van der Waals surface area contributed by atoms with E-state index >= 15 is 0 Å². The standard InChI is InChI=1S/C17H15BrN2O3/c18-15-7-1-4-13(12-15)5-2-10-20-11-3-6-14(17(20)22)8-9-16(21)19-23/h1-9,11-12,23H,10H2,(H,19,21)/b5-2+,9-8+. The number of carbonyl (C=O) groups is 1. The number of allylic oxidation sites excluding steroid dienone is 1. The third-order valence-electron chi connectivity index (χ3n) is 3.04. The average molecular weight is 375 g/mol. The fraction of sp³-hybridized carbons (Fsp3) is 0.0588. The summed E-state index contributed by atoms with van der Waals surface area (Å²) < 4.78 is 2.52. The highest BCUT2D eigenvalue weighted by Gasteiger charge is 2.00. The van der Waals surface area contributed by atoms with E-state index in [9.17, 15) is 9.59 Å². The highest BCUT2D eigenvalue weighted by atomic mass is 79.9. The van der Waals surface area contributed by atoms with E-state index in [1.807, 2.05) is 36.4 Å². The fourth-order valence-electron chi connectivity index (χ4n) is 1.94. The molecule has 0 fully saturated rings. The molecule has 5 nitrogen and oxygen atoms in total. The SMILES string of the molecule is O=C(/C=C/c1cccn(C/C=C/c2cccc(Br)c2)c1=O)NO. The lowest BCUT2D eigenvalue weighted by molar-refractivity contribution is -0.124. The third kappa shape index (κ3) is 5.05. The smallest absolute Gasteiger partial charge is 0.267 e. The maximum atomic E-state index is 12.2. The predicted octanol–water partition coefficient (Wildman–Crippen LogP) is 2.84. The van der Waals surface area contributed by atoms with E-state index < -0.39 is 5.91 Å². The molecule has 1 aromatic carbocycles. The largest absolute Gasteiger partial charge is 0.311 e. The van der Waals surface area contributed by atoms with Crippen LogP contribution >= 0.6 is 15.9 Å². The topological polar surface area (TPSA) is 71.3 Å². The van der Waals surface area contributed by atoms with Gasteiger partial charge in [-0.25, -0.2) is 5.48 Å². The van der Waals surface area contributed by atoms with Crippen LogP contribution in [-0.4, -0.2) is 15.7 Å². The van der Waals surface area contributed by atoms with E-state index in [0.717, 1.165) is 16.1 Å². The van der Waals surface area contributed by atoms with E-state index in [2.05, 4.69) is 15.9 Å². The van der Waals surface area contributed by atoms with Crippen LogP contribution in [0.1, 0.15) is 11.1 Å². The van der Waals surface area contributed by atoms with E-state index in [4.69, 9.17) is 5.21 Å². The van der Waals surface area contributed by atoms with E-state index in [1.54, 1.807) is 18.3 Å². The van der Waals surface area contributed by atoms with Crippen LogP contribution < -0.4 is 11.0 Å². The highest BCUT2D eigenvalue weighted by Crippen LogP contribution is 2.12. The molecule has 118 valence electrons. The number of amides is 1. The number of halogens is 1. The van der Waals surface area contributed by atoms with Gasteiger partial charge < -0.3 is 4.57 Å². The zero-order valence-electron chi connectivity index (χ0n) is 12.1. The van der Waals surface area contributed by atoms with Crippen LogP contribution in [0.2, 0.25) is 0 Å². The quantitative estimate of drug-likeness (QED) is 0.480. The molecule has 0 spiro atoms. The minimum Gasteiger partial charge on any atom is -0.311 e. The van der Waals surface area contributed by atoms with Gasteiger partial charge in [-0.05, 0) is 35.9 Å². The highest BCUT2D eigenvalue weighted by molar-refractivity contribution is 9.10. The molecule has 2 rings (SSSR count). The Balaban J connectivity index is 2.13. The number of hydrogen-bond acceptors (Lipinski definition) is 3. The van der Waals surface area contributed by atoms with Crippen molar-refractivity contribution < 1.29 is 10.0 Å². The van der Waals surface area contributed by atoms with Gasteiger partial charge >= 0.3 is 0 Å². The second-order valence-corrected chi connectivity index (χ2v) is 5.60. The predicted molar refractivity (Wildman–Crippen MR) is 92.8 cm³/mol. The van der Waals surface area contributed by atoms with Crippen molar-refractivity contribution in [1.82, 2.24) is 10.0 Å². The Morgan fingerprint density at radius 1 is 1.26 bits per heavy atom. The van der Waals surface area contributed by atoms with Crippen molar-refractivity contribution in [2.45, 2.75) is 6.54 Å². The Bertz CT molecular complexity index is 809. The number of pyridine rings is 1. The zero-order valence-corrected chi connectivity index (χ0v) is 13.7. The summed E-state index contributed by atoms with van der Waals surface area (Å²) in [4.78, 5) is 23.2. The molecule has 0 unspecified atom stereocenters. The monoisotopic (exact) mass is 374 g/mol. The summed E-state index contributed by atoms with van der Waals surface area (Å²) in [7, 11) is 0. The lowest BCUT2D eigenvalue weighted by atomic mass is 10.2. The molecule has 1 heterocycles. The normalized spacial score (nSPS) is 11.2. The first-order valence-electron chi connectivity index (χ1n) is 6.84. The number of hydrogen-bond donors (Lipinski definition) is 2. The number of nitrogens with zero attached hydrogens (tertiary/aromatic N) is 1. The van der Waals surface area contributed by atoms with Crippen molar-refractivity contribution in [3.05, 3.63) is 80.7 Å². The molecule has 1 aromatic heterocycles. The molecule has 0 radical (unpaired) electrons. The molecule has 0 aliphatic rings. The van der Waals surface area contributed by atoms with Crippen molar-refractivity contribution in [2.24, 2.45) is 0 Å². The number of aromatic nitrogens is 1. The number of benzene rings is 1. The van der Waals surface area contributed by atoms with Crippen LogP contribution in [0.3, 0.4) is 0 Å². The molecule has 0 aliphatic heterocycles. The Labute approximate surface area is 141 Å². The average Bonchev–Trinajstić information content (AvgIpc) is 2.55. The van der Waals surface area contributed by atoms with Gasteiger partial charge in [0, 0.05) is 28.9 Å². The second-order valence-electron chi connectivity index (χ2n) is 4.69. The molecular formula is C17H15BrN2O3. The van der Waals surface area contributed by atoms with Gasteiger partial charge in [-0.3, -0.25) is 14.8 Å². The second kappa shape index (κ2) is 8.26. The van der Waals surface area contributed by atoms with Crippen LogP contribution in [0, 0.1) is 0 Å². The van der Waals surface area contributed by atoms with Gasteiger partial charge in [0.05, 0.1) is 0 Å². The number of hydroxylamine groups is 1. The maximum absolute atomic E-state index is 12.2. The van der Waals surface area contributed by atoms with Crippen molar-refractivity contribution in [3.63, 3.8) is 0 Å². The van der Waals surface area contributed by atoms with Crippen molar-refractivity contribution >= 4 is 34.0 Å². The molecular weight excluding hydrogens is 360 g/mol. The molecule has 0 aliphatic carbocycles. The Hall–Kier alpha value is -2.44. The molecule has 23 heavy (non-hydrogen) atoms. The Morgan fingerprint density at radius 2 is 2.09 bits per heavy atom.